The first-order valence-corrected chi connectivity index (χ1v) is 6.07. The van der Waals surface area contributed by atoms with Crippen molar-refractivity contribution in [1.82, 2.24) is 0 Å². The Balaban J connectivity index is 1.97. The quantitative estimate of drug-likeness (QED) is 0.742. The van der Waals surface area contributed by atoms with Crippen molar-refractivity contribution in [2.75, 3.05) is 0 Å². The minimum atomic E-state index is -0.511. The maximum Gasteiger partial charge on any atom is 0.0927 e. The second-order valence-corrected chi connectivity index (χ2v) is 5.21. The molecule has 1 nitrogen and oxygen atoms in total. The SMILES string of the molecule is OC1(c2ccccc2)CC2CCC1CC2. The molecule has 0 aliphatic heterocycles. The minimum Gasteiger partial charge on any atom is -0.385 e. The summed E-state index contributed by atoms with van der Waals surface area (Å²) in [5, 5.41) is 10.8. The molecule has 1 N–H and O–H groups in total. The average molecular weight is 202 g/mol. The van der Waals surface area contributed by atoms with Crippen molar-refractivity contribution >= 4 is 0 Å². The van der Waals surface area contributed by atoms with Crippen LogP contribution in [0.15, 0.2) is 30.3 Å². The van der Waals surface area contributed by atoms with Crippen LogP contribution in [0.4, 0.5) is 0 Å². The molecule has 2 bridgehead atoms. The maximum absolute atomic E-state index is 10.8. The Labute approximate surface area is 91.1 Å². The van der Waals surface area contributed by atoms with E-state index in [1.165, 1.54) is 25.7 Å². The van der Waals surface area contributed by atoms with E-state index in [1.54, 1.807) is 0 Å². The standard InChI is InChI=1S/C14H18O/c15-14(12-4-2-1-3-5-12)10-11-6-8-13(14)9-7-11/h1-5,11,13,15H,6-10H2. The molecule has 0 amide bonds. The molecular formula is C14H18O. The van der Waals surface area contributed by atoms with Crippen LogP contribution in [0.3, 0.4) is 0 Å². The van der Waals surface area contributed by atoms with E-state index < -0.39 is 5.60 Å². The molecule has 0 radical (unpaired) electrons. The number of hydrogen-bond acceptors (Lipinski definition) is 1. The first kappa shape index (κ1) is 9.41. The molecule has 15 heavy (non-hydrogen) atoms. The number of hydrogen-bond donors (Lipinski definition) is 1. The molecule has 3 aliphatic rings. The van der Waals surface area contributed by atoms with Gasteiger partial charge in [0.15, 0.2) is 0 Å². The molecule has 0 aromatic heterocycles. The van der Waals surface area contributed by atoms with Gasteiger partial charge in [-0.2, -0.15) is 0 Å². The Morgan fingerprint density at radius 2 is 1.67 bits per heavy atom. The molecule has 3 fully saturated rings. The van der Waals surface area contributed by atoms with Gasteiger partial charge in [-0.05, 0) is 49.5 Å². The summed E-state index contributed by atoms with van der Waals surface area (Å²) in [4.78, 5) is 0. The highest BCUT2D eigenvalue weighted by atomic mass is 16.3. The second kappa shape index (κ2) is 3.34. The third-order valence-electron chi connectivity index (χ3n) is 4.40. The van der Waals surface area contributed by atoms with Crippen LogP contribution in [0.2, 0.25) is 0 Å². The highest BCUT2D eigenvalue weighted by Gasteiger charge is 2.46. The summed E-state index contributed by atoms with van der Waals surface area (Å²) in [6.45, 7) is 0. The van der Waals surface area contributed by atoms with E-state index in [4.69, 9.17) is 0 Å². The maximum atomic E-state index is 10.8. The summed E-state index contributed by atoms with van der Waals surface area (Å²) in [6, 6.07) is 10.3. The second-order valence-electron chi connectivity index (χ2n) is 5.21. The van der Waals surface area contributed by atoms with Gasteiger partial charge < -0.3 is 5.11 Å². The van der Waals surface area contributed by atoms with Crippen molar-refractivity contribution in [1.29, 1.82) is 0 Å². The Hall–Kier alpha value is -0.820. The molecule has 1 heteroatoms. The number of aliphatic hydroxyl groups is 1. The van der Waals surface area contributed by atoms with Gasteiger partial charge >= 0.3 is 0 Å². The summed E-state index contributed by atoms with van der Waals surface area (Å²) in [5.41, 5.74) is 0.627. The molecule has 0 heterocycles. The smallest absolute Gasteiger partial charge is 0.0927 e. The van der Waals surface area contributed by atoms with Gasteiger partial charge in [-0.25, -0.2) is 0 Å². The summed E-state index contributed by atoms with van der Waals surface area (Å²) >= 11 is 0. The van der Waals surface area contributed by atoms with Gasteiger partial charge in [0.1, 0.15) is 0 Å². The van der Waals surface area contributed by atoms with E-state index in [2.05, 4.69) is 12.1 Å². The van der Waals surface area contributed by atoms with Crippen molar-refractivity contribution < 1.29 is 5.11 Å². The molecule has 3 saturated carbocycles. The average Bonchev–Trinajstić information content (AvgIpc) is 2.31. The largest absolute Gasteiger partial charge is 0.385 e. The van der Waals surface area contributed by atoms with E-state index in [-0.39, 0.29) is 0 Å². The monoisotopic (exact) mass is 202 g/mol. The number of benzene rings is 1. The lowest BCUT2D eigenvalue weighted by atomic mass is 9.60. The van der Waals surface area contributed by atoms with E-state index in [1.807, 2.05) is 18.2 Å². The molecule has 0 saturated heterocycles. The molecule has 1 atom stereocenters. The zero-order chi connectivity index (χ0) is 10.3. The van der Waals surface area contributed by atoms with Crippen molar-refractivity contribution in [3.8, 4) is 0 Å². The molecule has 0 spiro atoms. The van der Waals surface area contributed by atoms with Gasteiger partial charge in [0.05, 0.1) is 5.60 Å². The topological polar surface area (TPSA) is 20.2 Å². The van der Waals surface area contributed by atoms with Gasteiger partial charge in [-0.3, -0.25) is 0 Å². The molecule has 4 rings (SSSR count). The van der Waals surface area contributed by atoms with Crippen LogP contribution in [0.1, 0.15) is 37.7 Å². The van der Waals surface area contributed by atoms with E-state index in [9.17, 15) is 5.11 Å². The van der Waals surface area contributed by atoms with E-state index >= 15 is 0 Å². The van der Waals surface area contributed by atoms with Crippen LogP contribution in [0.25, 0.3) is 0 Å². The molecule has 1 unspecified atom stereocenters. The summed E-state index contributed by atoms with van der Waals surface area (Å²) in [7, 11) is 0. The highest BCUT2D eigenvalue weighted by molar-refractivity contribution is 5.25. The molecule has 80 valence electrons. The van der Waals surface area contributed by atoms with Gasteiger partial charge in [0.25, 0.3) is 0 Å². The Bertz CT molecular complexity index is 338. The molecule has 1 aromatic rings. The van der Waals surface area contributed by atoms with E-state index in [0.29, 0.717) is 5.92 Å². The number of fused-ring (bicyclic) bond motifs is 3. The van der Waals surface area contributed by atoms with Crippen molar-refractivity contribution in [2.45, 2.75) is 37.7 Å². The Kier molecular flexibility index (Phi) is 2.10. The van der Waals surface area contributed by atoms with Crippen LogP contribution in [0, 0.1) is 11.8 Å². The highest BCUT2D eigenvalue weighted by Crippen LogP contribution is 2.52. The van der Waals surface area contributed by atoms with Crippen LogP contribution in [-0.4, -0.2) is 5.11 Å². The van der Waals surface area contributed by atoms with Crippen molar-refractivity contribution in [3.05, 3.63) is 35.9 Å². The van der Waals surface area contributed by atoms with Crippen LogP contribution >= 0.6 is 0 Å². The lowest BCUT2D eigenvalue weighted by Gasteiger charge is -2.49. The number of rotatable bonds is 1. The van der Waals surface area contributed by atoms with Crippen molar-refractivity contribution in [3.63, 3.8) is 0 Å². The summed E-state index contributed by atoms with van der Waals surface area (Å²) in [6.07, 6.45) is 6.09. The summed E-state index contributed by atoms with van der Waals surface area (Å²) < 4.78 is 0. The first-order valence-electron chi connectivity index (χ1n) is 6.07. The Morgan fingerprint density at radius 3 is 2.20 bits per heavy atom. The van der Waals surface area contributed by atoms with E-state index in [0.717, 1.165) is 17.9 Å². The third-order valence-corrected chi connectivity index (χ3v) is 4.40. The van der Waals surface area contributed by atoms with Crippen LogP contribution < -0.4 is 0 Å². The Morgan fingerprint density at radius 1 is 1.00 bits per heavy atom. The van der Waals surface area contributed by atoms with Gasteiger partial charge in [-0.1, -0.05) is 30.3 Å². The minimum absolute atomic E-state index is 0.505. The lowest BCUT2D eigenvalue weighted by molar-refractivity contribution is -0.104. The fourth-order valence-corrected chi connectivity index (χ4v) is 3.53. The summed E-state index contributed by atoms with van der Waals surface area (Å²) in [5.74, 6) is 1.27. The van der Waals surface area contributed by atoms with Gasteiger partial charge in [-0.15, -0.1) is 0 Å². The van der Waals surface area contributed by atoms with Crippen LogP contribution in [0.5, 0.6) is 0 Å². The molecular weight excluding hydrogens is 184 g/mol. The fourth-order valence-electron chi connectivity index (χ4n) is 3.53. The van der Waals surface area contributed by atoms with Gasteiger partial charge in [0.2, 0.25) is 0 Å². The van der Waals surface area contributed by atoms with Gasteiger partial charge in [0, 0.05) is 0 Å². The zero-order valence-electron chi connectivity index (χ0n) is 9.02. The first-order chi connectivity index (χ1) is 7.29. The lowest BCUT2D eigenvalue weighted by Crippen LogP contribution is -2.45. The zero-order valence-corrected chi connectivity index (χ0v) is 9.02. The van der Waals surface area contributed by atoms with Crippen molar-refractivity contribution in [2.24, 2.45) is 11.8 Å². The fraction of sp³-hybridized carbons (Fsp3) is 0.571. The normalized spacial score (nSPS) is 39.3. The predicted molar refractivity (Wildman–Crippen MR) is 60.4 cm³/mol. The molecule has 3 aliphatic carbocycles. The predicted octanol–water partition coefficient (Wildman–Crippen LogP) is 3.08. The molecule has 1 aromatic carbocycles. The van der Waals surface area contributed by atoms with Crippen LogP contribution in [-0.2, 0) is 5.60 Å². The third kappa shape index (κ3) is 1.41.